The molecule has 0 radical (unpaired) electrons. The minimum atomic E-state index is -0.279. The Morgan fingerprint density at radius 2 is 2.00 bits per heavy atom. The Labute approximate surface area is 119 Å². The number of aryl methyl sites for hydroxylation is 2. The number of hydrogen-bond donors (Lipinski definition) is 1. The van der Waals surface area contributed by atoms with Gasteiger partial charge in [0.2, 0.25) is 0 Å². The molecule has 0 saturated heterocycles. The Kier molecular flexibility index (Phi) is 3.09. The van der Waals surface area contributed by atoms with Gasteiger partial charge in [-0.15, -0.1) is 0 Å². The van der Waals surface area contributed by atoms with Gasteiger partial charge in [-0.25, -0.2) is 4.63 Å². The highest BCUT2D eigenvalue weighted by atomic mass is 16.6. The number of carbonyl (C=O) groups excluding carboxylic acids is 1. The molecular formula is C14H13N3O4. The lowest BCUT2D eigenvalue weighted by Gasteiger charge is -2.06. The topological polar surface area (TPSA) is 90.4 Å². The number of methoxy groups -OCH3 is 1. The number of fused-ring (bicyclic) bond motifs is 1. The SMILES string of the molecule is COc1ccc(NC(=O)c2cc(C)oc2C)c2nonc12. The van der Waals surface area contributed by atoms with Gasteiger partial charge >= 0.3 is 0 Å². The van der Waals surface area contributed by atoms with Crippen molar-refractivity contribution in [2.45, 2.75) is 13.8 Å². The Balaban J connectivity index is 1.97. The van der Waals surface area contributed by atoms with Crippen LogP contribution in [0.4, 0.5) is 5.69 Å². The molecule has 2 heterocycles. The molecular weight excluding hydrogens is 274 g/mol. The summed E-state index contributed by atoms with van der Waals surface area (Å²) in [5.41, 5.74) is 1.86. The molecule has 7 nitrogen and oxygen atoms in total. The van der Waals surface area contributed by atoms with Gasteiger partial charge in [-0.05, 0) is 42.4 Å². The number of anilines is 1. The van der Waals surface area contributed by atoms with Gasteiger partial charge in [0.15, 0.2) is 16.8 Å². The number of benzene rings is 1. The monoisotopic (exact) mass is 287 g/mol. The Bertz CT molecular complexity index is 819. The van der Waals surface area contributed by atoms with Crippen LogP contribution in [0.2, 0.25) is 0 Å². The molecule has 0 aliphatic carbocycles. The minimum Gasteiger partial charge on any atom is -0.494 e. The third-order valence-electron chi connectivity index (χ3n) is 3.13. The summed E-state index contributed by atoms with van der Waals surface area (Å²) in [7, 11) is 1.53. The molecule has 108 valence electrons. The molecule has 0 aliphatic heterocycles. The first-order valence-corrected chi connectivity index (χ1v) is 6.28. The first-order chi connectivity index (χ1) is 10.1. The van der Waals surface area contributed by atoms with E-state index in [4.69, 9.17) is 13.8 Å². The average molecular weight is 287 g/mol. The second-order valence-corrected chi connectivity index (χ2v) is 4.56. The summed E-state index contributed by atoms with van der Waals surface area (Å²) < 4.78 is 15.2. The number of ether oxygens (including phenoxy) is 1. The zero-order valence-electron chi connectivity index (χ0n) is 11.8. The van der Waals surface area contributed by atoms with Crippen LogP contribution in [0.5, 0.6) is 5.75 Å². The van der Waals surface area contributed by atoms with Gasteiger partial charge in [0.25, 0.3) is 5.91 Å². The predicted octanol–water partition coefficient (Wildman–Crippen LogP) is 2.69. The zero-order valence-corrected chi connectivity index (χ0v) is 11.8. The number of nitrogens with one attached hydrogen (secondary N) is 1. The summed E-state index contributed by atoms with van der Waals surface area (Å²) in [5.74, 6) is 1.49. The van der Waals surface area contributed by atoms with Gasteiger partial charge in [0.05, 0.1) is 18.4 Å². The van der Waals surface area contributed by atoms with Gasteiger partial charge in [-0.2, -0.15) is 0 Å². The lowest BCUT2D eigenvalue weighted by Crippen LogP contribution is -2.12. The second-order valence-electron chi connectivity index (χ2n) is 4.56. The van der Waals surface area contributed by atoms with Crippen LogP contribution in [0.25, 0.3) is 11.0 Å². The summed E-state index contributed by atoms with van der Waals surface area (Å²) in [5, 5.41) is 10.3. The highest BCUT2D eigenvalue weighted by Gasteiger charge is 2.17. The van der Waals surface area contributed by atoms with Gasteiger partial charge < -0.3 is 14.5 Å². The van der Waals surface area contributed by atoms with E-state index in [1.165, 1.54) is 7.11 Å². The second kappa shape index (κ2) is 4.93. The summed E-state index contributed by atoms with van der Waals surface area (Å²) in [4.78, 5) is 12.3. The normalized spacial score (nSPS) is 10.8. The van der Waals surface area contributed by atoms with Crippen LogP contribution in [0.15, 0.2) is 27.2 Å². The lowest BCUT2D eigenvalue weighted by molar-refractivity contribution is 0.102. The van der Waals surface area contributed by atoms with Crippen LogP contribution in [-0.2, 0) is 0 Å². The number of aromatic nitrogens is 2. The first-order valence-electron chi connectivity index (χ1n) is 6.28. The van der Waals surface area contributed by atoms with Crippen LogP contribution in [0.3, 0.4) is 0 Å². The molecule has 3 rings (SSSR count). The van der Waals surface area contributed by atoms with Crippen LogP contribution in [0.1, 0.15) is 21.9 Å². The van der Waals surface area contributed by atoms with Crippen molar-refractivity contribution >= 4 is 22.6 Å². The summed E-state index contributed by atoms with van der Waals surface area (Å²) in [6.07, 6.45) is 0. The zero-order chi connectivity index (χ0) is 15.0. The average Bonchev–Trinajstić information content (AvgIpc) is 3.06. The van der Waals surface area contributed by atoms with E-state index in [1.54, 1.807) is 32.0 Å². The summed E-state index contributed by atoms with van der Waals surface area (Å²) >= 11 is 0. The molecule has 0 bridgehead atoms. The number of amides is 1. The smallest absolute Gasteiger partial charge is 0.259 e. The molecule has 2 aromatic heterocycles. The van der Waals surface area contributed by atoms with E-state index in [9.17, 15) is 4.79 Å². The maximum Gasteiger partial charge on any atom is 0.259 e. The molecule has 1 aromatic carbocycles. The largest absolute Gasteiger partial charge is 0.494 e. The van der Waals surface area contributed by atoms with Gasteiger partial charge in [-0.1, -0.05) is 0 Å². The fourth-order valence-electron chi connectivity index (χ4n) is 2.16. The highest BCUT2D eigenvalue weighted by molar-refractivity contribution is 6.09. The third-order valence-corrected chi connectivity index (χ3v) is 3.13. The van der Waals surface area contributed by atoms with Crippen molar-refractivity contribution in [2.24, 2.45) is 0 Å². The van der Waals surface area contributed by atoms with Crippen molar-refractivity contribution in [1.82, 2.24) is 10.3 Å². The van der Waals surface area contributed by atoms with Gasteiger partial charge in [0.1, 0.15) is 11.5 Å². The molecule has 1 N–H and O–H groups in total. The van der Waals surface area contributed by atoms with Crippen molar-refractivity contribution in [3.63, 3.8) is 0 Å². The molecule has 0 aliphatic rings. The molecule has 3 aromatic rings. The van der Waals surface area contributed by atoms with Crippen molar-refractivity contribution in [3.05, 3.63) is 35.3 Å². The molecule has 0 fully saturated rings. The lowest BCUT2D eigenvalue weighted by atomic mass is 10.2. The number of nitrogens with zero attached hydrogens (tertiary/aromatic N) is 2. The summed E-state index contributed by atoms with van der Waals surface area (Å²) in [6, 6.07) is 5.06. The maximum absolute atomic E-state index is 12.3. The van der Waals surface area contributed by atoms with E-state index in [1.807, 2.05) is 0 Å². The molecule has 0 saturated carbocycles. The Morgan fingerprint density at radius 1 is 1.24 bits per heavy atom. The maximum atomic E-state index is 12.3. The number of rotatable bonds is 3. The fourth-order valence-corrected chi connectivity index (χ4v) is 2.16. The standard InChI is InChI=1S/C14H13N3O4/c1-7-6-9(8(2)20-7)14(18)15-10-4-5-11(19-3)13-12(10)16-21-17-13/h4-6H,1-3H3,(H,15,18). The first kappa shape index (κ1) is 13.2. The number of furan rings is 1. The van der Waals surface area contributed by atoms with E-state index in [0.717, 1.165) is 0 Å². The Morgan fingerprint density at radius 3 is 2.67 bits per heavy atom. The fraction of sp³-hybridized carbons (Fsp3) is 0.214. The number of hydrogen-bond acceptors (Lipinski definition) is 6. The van der Waals surface area contributed by atoms with E-state index < -0.39 is 0 Å². The predicted molar refractivity (Wildman–Crippen MR) is 74.5 cm³/mol. The number of carbonyl (C=O) groups is 1. The van der Waals surface area contributed by atoms with Crippen molar-refractivity contribution in [3.8, 4) is 5.75 Å². The van der Waals surface area contributed by atoms with Crippen LogP contribution < -0.4 is 10.1 Å². The summed E-state index contributed by atoms with van der Waals surface area (Å²) in [6.45, 7) is 3.53. The van der Waals surface area contributed by atoms with Crippen LogP contribution >= 0.6 is 0 Å². The van der Waals surface area contributed by atoms with Gasteiger partial charge in [-0.3, -0.25) is 4.79 Å². The van der Waals surface area contributed by atoms with Crippen molar-refractivity contribution < 1.29 is 18.6 Å². The van der Waals surface area contributed by atoms with Crippen molar-refractivity contribution in [2.75, 3.05) is 12.4 Å². The highest BCUT2D eigenvalue weighted by Crippen LogP contribution is 2.29. The molecule has 0 spiro atoms. The molecule has 0 atom stereocenters. The van der Waals surface area contributed by atoms with Crippen molar-refractivity contribution in [1.29, 1.82) is 0 Å². The van der Waals surface area contributed by atoms with Crippen LogP contribution in [-0.4, -0.2) is 23.3 Å². The minimum absolute atomic E-state index is 0.279. The third kappa shape index (κ3) is 2.22. The van der Waals surface area contributed by atoms with Gasteiger partial charge in [0, 0.05) is 0 Å². The molecule has 0 unspecified atom stereocenters. The van der Waals surface area contributed by atoms with E-state index >= 15 is 0 Å². The van der Waals surface area contributed by atoms with Crippen LogP contribution in [0, 0.1) is 13.8 Å². The molecule has 1 amide bonds. The quantitative estimate of drug-likeness (QED) is 0.796. The Hall–Kier alpha value is -2.83. The molecule has 7 heteroatoms. The van der Waals surface area contributed by atoms with E-state index in [2.05, 4.69) is 15.6 Å². The van der Waals surface area contributed by atoms with E-state index in [-0.39, 0.29) is 5.91 Å². The molecule has 21 heavy (non-hydrogen) atoms. The van der Waals surface area contributed by atoms with E-state index in [0.29, 0.717) is 39.6 Å².